The van der Waals surface area contributed by atoms with E-state index >= 15 is 0 Å². The lowest BCUT2D eigenvalue weighted by Gasteiger charge is -2.30. The molecule has 1 amide bonds. The van der Waals surface area contributed by atoms with Gasteiger partial charge in [-0.1, -0.05) is 18.2 Å². The molecule has 1 unspecified atom stereocenters. The summed E-state index contributed by atoms with van der Waals surface area (Å²) in [6.07, 6.45) is -4.73. The summed E-state index contributed by atoms with van der Waals surface area (Å²) in [6, 6.07) is 4.71. The fourth-order valence-electron chi connectivity index (χ4n) is 2.22. The Bertz CT molecular complexity index is 459. The summed E-state index contributed by atoms with van der Waals surface area (Å²) < 4.78 is 38.9. The van der Waals surface area contributed by atoms with Crippen LogP contribution in [0.5, 0.6) is 0 Å². The number of hydrogen-bond acceptors (Lipinski definition) is 2. The molecule has 18 heavy (non-hydrogen) atoms. The molecule has 0 saturated carbocycles. The maximum Gasteiger partial charge on any atom is 0.409 e. The number of hydrogen-bond donors (Lipinski definition) is 1. The summed E-state index contributed by atoms with van der Waals surface area (Å²) in [6.45, 7) is -0.115. The van der Waals surface area contributed by atoms with E-state index in [1.165, 1.54) is 6.07 Å². The lowest BCUT2D eigenvalue weighted by Crippen LogP contribution is -2.48. The van der Waals surface area contributed by atoms with Crippen molar-refractivity contribution in [3.8, 4) is 0 Å². The van der Waals surface area contributed by atoms with Crippen molar-refractivity contribution < 1.29 is 18.0 Å². The highest BCUT2D eigenvalue weighted by molar-refractivity contribution is 6.02. The number of anilines is 1. The summed E-state index contributed by atoms with van der Waals surface area (Å²) >= 11 is 0. The van der Waals surface area contributed by atoms with E-state index in [9.17, 15) is 18.0 Å². The second kappa shape index (κ2) is 4.61. The van der Waals surface area contributed by atoms with Crippen LogP contribution >= 0.6 is 0 Å². The first-order valence-corrected chi connectivity index (χ1v) is 5.62. The molecule has 6 heteroatoms. The third kappa shape index (κ3) is 2.20. The quantitative estimate of drug-likeness (QED) is 0.899. The predicted octanol–water partition coefficient (Wildman–Crippen LogP) is 1.86. The zero-order chi connectivity index (χ0) is 13.3. The fraction of sp³-hybridized carbons (Fsp3) is 0.417. The van der Waals surface area contributed by atoms with E-state index in [-0.39, 0.29) is 19.4 Å². The standard InChI is InChI=1S/C12H13F3N2O/c13-12(14,15)10(5-6-16)17-9-4-2-1-3-8(9)7-11(17)18/h1-4,10H,5-7,16H2. The van der Waals surface area contributed by atoms with Gasteiger partial charge in [0.25, 0.3) is 0 Å². The highest BCUT2D eigenvalue weighted by Crippen LogP contribution is 2.36. The molecule has 1 aliphatic rings. The first-order chi connectivity index (χ1) is 8.45. The molecule has 1 atom stereocenters. The lowest BCUT2D eigenvalue weighted by molar-refractivity contribution is -0.154. The minimum absolute atomic E-state index is 0.0212. The van der Waals surface area contributed by atoms with Crippen LogP contribution in [-0.2, 0) is 11.2 Å². The van der Waals surface area contributed by atoms with Crippen molar-refractivity contribution in [2.45, 2.75) is 25.1 Å². The molecule has 0 spiro atoms. The number of carbonyl (C=O) groups excluding carboxylic acids is 1. The molecule has 0 aromatic heterocycles. The van der Waals surface area contributed by atoms with Gasteiger partial charge < -0.3 is 5.73 Å². The number of halogens is 3. The molecule has 0 aliphatic carbocycles. The number of para-hydroxylation sites is 1. The molecule has 0 bridgehead atoms. The van der Waals surface area contributed by atoms with E-state index in [2.05, 4.69) is 0 Å². The lowest BCUT2D eigenvalue weighted by atomic mass is 10.1. The Morgan fingerprint density at radius 1 is 1.33 bits per heavy atom. The molecule has 1 aromatic rings. The van der Waals surface area contributed by atoms with Crippen molar-refractivity contribution >= 4 is 11.6 Å². The van der Waals surface area contributed by atoms with Crippen molar-refractivity contribution in [3.05, 3.63) is 29.8 Å². The van der Waals surface area contributed by atoms with Crippen molar-refractivity contribution in [1.29, 1.82) is 0 Å². The Kier molecular flexibility index (Phi) is 3.30. The molecule has 1 heterocycles. The summed E-state index contributed by atoms with van der Waals surface area (Å²) in [4.78, 5) is 12.6. The molecule has 0 saturated heterocycles. The van der Waals surface area contributed by atoms with Crippen LogP contribution < -0.4 is 10.6 Å². The number of carbonyl (C=O) groups is 1. The van der Waals surface area contributed by atoms with Gasteiger partial charge in [-0.25, -0.2) is 0 Å². The third-order valence-electron chi connectivity index (χ3n) is 2.99. The zero-order valence-electron chi connectivity index (χ0n) is 9.57. The van der Waals surface area contributed by atoms with Crippen molar-refractivity contribution in [2.24, 2.45) is 5.73 Å². The summed E-state index contributed by atoms with van der Waals surface area (Å²) in [5.74, 6) is -0.521. The van der Waals surface area contributed by atoms with Crippen molar-refractivity contribution in [2.75, 3.05) is 11.4 Å². The highest BCUT2D eigenvalue weighted by Gasteiger charge is 2.47. The Labute approximate surface area is 102 Å². The average Bonchev–Trinajstić information content (AvgIpc) is 2.60. The Balaban J connectivity index is 2.39. The molecular weight excluding hydrogens is 245 g/mol. The fourth-order valence-corrected chi connectivity index (χ4v) is 2.22. The minimum Gasteiger partial charge on any atom is -0.330 e. The highest BCUT2D eigenvalue weighted by atomic mass is 19.4. The molecule has 1 aromatic carbocycles. The molecule has 0 fully saturated rings. The van der Waals surface area contributed by atoms with Crippen LogP contribution in [0.25, 0.3) is 0 Å². The molecule has 2 N–H and O–H groups in total. The minimum atomic E-state index is -4.47. The summed E-state index contributed by atoms with van der Waals surface area (Å²) in [5.41, 5.74) is 6.20. The monoisotopic (exact) mass is 258 g/mol. The van der Waals surface area contributed by atoms with Gasteiger partial charge in [0.1, 0.15) is 6.04 Å². The maximum atomic E-state index is 13.0. The Morgan fingerprint density at radius 3 is 2.61 bits per heavy atom. The number of fused-ring (bicyclic) bond motifs is 1. The van der Waals surface area contributed by atoms with Crippen LogP contribution in [0.15, 0.2) is 24.3 Å². The number of amides is 1. The molecule has 0 radical (unpaired) electrons. The van der Waals surface area contributed by atoms with Crippen LogP contribution in [0, 0.1) is 0 Å². The molecule has 3 nitrogen and oxygen atoms in total. The van der Waals surface area contributed by atoms with Crippen molar-refractivity contribution in [1.82, 2.24) is 0 Å². The summed E-state index contributed by atoms with van der Waals surface area (Å²) in [5, 5.41) is 0. The van der Waals surface area contributed by atoms with Crippen LogP contribution in [0.2, 0.25) is 0 Å². The van der Waals surface area contributed by atoms with Crippen LogP contribution in [0.3, 0.4) is 0 Å². The topological polar surface area (TPSA) is 46.3 Å². The SMILES string of the molecule is NCCC(N1C(=O)Cc2ccccc21)C(F)(F)F. The van der Waals surface area contributed by atoms with E-state index in [1.54, 1.807) is 18.2 Å². The Hall–Kier alpha value is -1.56. The van der Waals surface area contributed by atoms with E-state index in [1.807, 2.05) is 0 Å². The number of alkyl halides is 3. The molecule has 1 aliphatic heterocycles. The first-order valence-electron chi connectivity index (χ1n) is 5.62. The van der Waals surface area contributed by atoms with Crippen LogP contribution in [0.4, 0.5) is 18.9 Å². The molecule has 98 valence electrons. The van der Waals surface area contributed by atoms with Gasteiger partial charge in [0, 0.05) is 5.69 Å². The number of rotatable bonds is 3. The van der Waals surface area contributed by atoms with E-state index in [4.69, 9.17) is 5.73 Å². The van der Waals surface area contributed by atoms with Gasteiger partial charge in [0.15, 0.2) is 0 Å². The van der Waals surface area contributed by atoms with Crippen molar-refractivity contribution in [3.63, 3.8) is 0 Å². The maximum absolute atomic E-state index is 13.0. The molecular formula is C12H13F3N2O. The second-order valence-electron chi connectivity index (χ2n) is 4.20. The van der Waals surface area contributed by atoms with Gasteiger partial charge in [0.2, 0.25) is 5.91 Å². The van der Waals surface area contributed by atoms with Gasteiger partial charge in [-0.2, -0.15) is 13.2 Å². The van der Waals surface area contributed by atoms with Gasteiger partial charge in [-0.15, -0.1) is 0 Å². The normalized spacial score (nSPS) is 16.9. The van der Waals surface area contributed by atoms with E-state index < -0.39 is 18.1 Å². The van der Waals surface area contributed by atoms with Crippen LogP contribution in [-0.4, -0.2) is 24.7 Å². The number of nitrogens with two attached hydrogens (primary N) is 1. The van der Waals surface area contributed by atoms with E-state index in [0.29, 0.717) is 11.3 Å². The second-order valence-corrected chi connectivity index (χ2v) is 4.20. The van der Waals surface area contributed by atoms with Gasteiger partial charge in [0.05, 0.1) is 6.42 Å². The number of benzene rings is 1. The molecule has 2 rings (SSSR count). The van der Waals surface area contributed by atoms with Gasteiger partial charge in [-0.3, -0.25) is 9.69 Å². The van der Waals surface area contributed by atoms with Gasteiger partial charge >= 0.3 is 6.18 Å². The Morgan fingerprint density at radius 2 is 2.00 bits per heavy atom. The summed E-state index contributed by atoms with van der Waals surface area (Å²) in [7, 11) is 0. The predicted molar refractivity (Wildman–Crippen MR) is 61.1 cm³/mol. The third-order valence-corrected chi connectivity index (χ3v) is 2.99. The average molecular weight is 258 g/mol. The zero-order valence-corrected chi connectivity index (χ0v) is 9.57. The largest absolute Gasteiger partial charge is 0.409 e. The van der Waals surface area contributed by atoms with E-state index in [0.717, 1.165) is 4.90 Å². The smallest absolute Gasteiger partial charge is 0.330 e. The first kappa shape index (κ1) is 12.9. The van der Waals surface area contributed by atoms with Crippen LogP contribution in [0.1, 0.15) is 12.0 Å². The number of nitrogens with zero attached hydrogens (tertiary/aromatic N) is 1. The van der Waals surface area contributed by atoms with Gasteiger partial charge in [-0.05, 0) is 24.6 Å².